The summed E-state index contributed by atoms with van der Waals surface area (Å²) < 4.78 is 75.8. The van der Waals surface area contributed by atoms with Crippen molar-refractivity contribution < 1.29 is 61.6 Å². The van der Waals surface area contributed by atoms with Crippen molar-refractivity contribution in [3.05, 3.63) is 59.4 Å². The first-order valence-electron chi connectivity index (χ1n) is 17.7. The minimum atomic E-state index is -0.639. The highest BCUT2D eigenvalue weighted by molar-refractivity contribution is 5.72. The lowest BCUT2D eigenvalue weighted by Crippen LogP contribution is -2.44. The van der Waals surface area contributed by atoms with E-state index in [1.165, 1.54) is 0 Å². The van der Waals surface area contributed by atoms with Crippen LogP contribution in [0.3, 0.4) is 0 Å². The van der Waals surface area contributed by atoms with Gasteiger partial charge in [-0.05, 0) is 63.1 Å². The van der Waals surface area contributed by atoms with E-state index in [0.29, 0.717) is 68.3 Å². The lowest BCUT2D eigenvalue weighted by atomic mass is 10.1. The van der Waals surface area contributed by atoms with Gasteiger partial charge in [-0.3, -0.25) is 0 Å². The molecule has 0 N–H and O–H groups in total. The topological polar surface area (TPSA) is 151 Å². The van der Waals surface area contributed by atoms with Crippen molar-refractivity contribution in [3.8, 4) is 23.0 Å². The van der Waals surface area contributed by atoms with Crippen molar-refractivity contribution in [3.63, 3.8) is 0 Å². The molecule has 298 valence electrons. The Bertz CT molecular complexity index is 1560. The van der Waals surface area contributed by atoms with Crippen molar-refractivity contribution >= 4 is 12.2 Å². The molecule has 0 aliphatic carbocycles. The van der Waals surface area contributed by atoms with Crippen molar-refractivity contribution in [2.24, 2.45) is 0 Å². The summed E-state index contributed by atoms with van der Waals surface area (Å²) in [5.41, 5.74) is 2.31. The van der Waals surface area contributed by atoms with Crippen LogP contribution in [0.5, 0.6) is 23.0 Å². The molecule has 2 aliphatic heterocycles. The summed E-state index contributed by atoms with van der Waals surface area (Å²) in [6, 6.07) is 10.8. The molecule has 0 spiro atoms. The maximum Gasteiger partial charge on any atom is 0.188 e. The van der Waals surface area contributed by atoms with E-state index in [2.05, 4.69) is 10.3 Å². The number of hydrogen-bond acceptors (Lipinski definition) is 15. The second kappa shape index (κ2) is 20.2. The van der Waals surface area contributed by atoms with Crippen LogP contribution in [0.25, 0.3) is 12.2 Å². The van der Waals surface area contributed by atoms with Crippen molar-refractivity contribution in [2.45, 2.75) is 64.1 Å². The van der Waals surface area contributed by atoms with Crippen LogP contribution in [-0.2, 0) is 49.2 Å². The highest BCUT2D eigenvalue weighted by Crippen LogP contribution is 2.31. The zero-order valence-electron chi connectivity index (χ0n) is 32.1. The highest BCUT2D eigenvalue weighted by Gasteiger charge is 2.31. The summed E-state index contributed by atoms with van der Waals surface area (Å²) in [5, 5.41) is 8.78. The average molecular weight is 760 g/mol. The standard InChI is InChI=1S/C38H53N3O13/c1-37(2)51-20-33(21-52-37)46-18-30(19-47-34-22-53-38(3,4)54-23-34)41-16-29(39-40-41)17-45-31-12-28(13-32(15-31)48-24-42-5)9-8-27-10-11-35(49-25-43-6)36(14-27)50-26-44-7/h8-16,30,33-34H,17-26H2,1-7H3/b9-8+. The van der Waals surface area contributed by atoms with E-state index in [1.807, 2.05) is 76.4 Å². The third kappa shape index (κ3) is 13.2. The predicted octanol–water partition coefficient (Wildman–Crippen LogP) is 4.85. The average Bonchev–Trinajstić information content (AvgIpc) is 3.64. The number of methoxy groups -OCH3 is 3. The summed E-state index contributed by atoms with van der Waals surface area (Å²) in [7, 11) is 4.67. The van der Waals surface area contributed by atoms with Crippen LogP contribution >= 0.6 is 0 Å². The normalized spacial score (nSPS) is 17.6. The third-order valence-electron chi connectivity index (χ3n) is 8.18. The molecule has 0 unspecified atom stereocenters. The fourth-order valence-electron chi connectivity index (χ4n) is 5.24. The molecule has 2 aliphatic rings. The summed E-state index contributed by atoms with van der Waals surface area (Å²) >= 11 is 0. The first-order chi connectivity index (χ1) is 26.0. The molecule has 3 heterocycles. The molecule has 16 nitrogen and oxygen atoms in total. The number of aromatic nitrogens is 3. The SMILES string of the molecule is COCOc1cc(/C=C/c2ccc(OCOC)c(OCOC)c2)cc(OCc2cn(C(COC3COC(C)(C)OC3)COC3COC(C)(C)OC3)nn2)c1. The Balaban J connectivity index is 1.25. The molecular formula is C38H53N3O13. The zero-order chi connectivity index (χ0) is 38.4. The van der Waals surface area contributed by atoms with Crippen LogP contribution in [0.4, 0.5) is 0 Å². The van der Waals surface area contributed by atoms with Crippen molar-refractivity contribution in [1.82, 2.24) is 15.0 Å². The van der Waals surface area contributed by atoms with E-state index in [1.54, 1.807) is 32.1 Å². The molecule has 54 heavy (non-hydrogen) atoms. The van der Waals surface area contributed by atoms with Crippen LogP contribution < -0.4 is 18.9 Å². The molecule has 2 aromatic carbocycles. The van der Waals surface area contributed by atoms with Crippen LogP contribution in [0, 0.1) is 0 Å². The molecule has 2 fully saturated rings. The Morgan fingerprint density at radius 1 is 0.685 bits per heavy atom. The number of ether oxygens (including phenoxy) is 13. The van der Waals surface area contributed by atoms with E-state index < -0.39 is 11.6 Å². The molecule has 0 radical (unpaired) electrons. The summed E-state index contributed by atoms with van der Waals surface area (Å²) in [6.07, 6.45) is 5.23. The van der Waals surface area contributed by atoms with Gasteiger partial charge in [-0.2, -0.15) is 0 Å². The molecule has 5 rings (SSSR count). The van der Waals surface area contributed by atoms with Crippen LogP contribution in [-0.4, -0.2) is 120 Å². The Kier molecular flexibility index (Phi) is 15.4. The maximum atomic E-state index is 6.20. The van der Waals surface area contributed by atoms with Gasteiger partial charge in [0, 0.05) is 27.4 Å². The van der Waals surface area contributed by atoms with Gasteiger partial charge < -0.3 is 61.6 Å². The first-order valence-corrected chi connectivity index (χ1v) is 17.7. The molecule has 0 atom stereocenters. The summed E-state index contributed by atoms with van der Waals surface area (Å²) in [4.78, 5) is 0. The largest absolute Gasteiger partial charge is 0.487 e. The fraction of sp³-hybridized carbons (Fsp3) is 0.579. The van der Waals surface area contributed by atoms with Crippen LogP contribution in [0.2, 0.25) is 0 Å². The maximum absolute atomic E-state index is 6.20. The van der Waals surface area contributed by atoms with Gasteiger partial charge >= 0.3 is 0 Å². The van der Waals surface area contributed by atoms with Gasteiger partial charge in [0.2, 0.25) is 0 Å². The van der Waals surface area contributed by atoms with E-state index in [4.69, 9.17) is 61.6 Å². The number of nitrogens with zero attached hydrogens (tertiary/aromatic N) is 3. The lowest BCUT2D eigenvalue weighted by molar-refractivity contribution is -0.284. The van der Waals surface area contributed by atoms with Crippen LogP contribution in [0.1, 0.15) is 50.6 Å². The van der Waals surface area contributed by atoms with E-state index in [-0.39, 0.29) is 45.2 Å². The van der Waals surface area contributed by atoms with E-state index in [9.17, 15) is 0 Å². The molecule has 0 amide bonds. The van der Waals surface area contributed by atoms with Gasteiger partial charge in [-0.1, -0.05) is 23.4 Å². The molecule has 3 aromatic rings. The molecule has 16 heteroatoms. The number of rotatable bonds is 21. The zero-order valence-corrected chi connectivity index (χ0v) is 32.1. The van der Waals surface area contributed by atoms with Gasteiger partial charge in [0.25, 0.3) is 0 Å². The Morgan fingerprint density at radius 2 is 1.22 bits per heavy atom. The molecule has 0 bridgehead atoms. The van der Waals surface area contributed by atoms with Crippen LogP contribution in [0.15, 0.2) is 42.6 Å². The molecular weight excluding hydrogens is 706 g/mol. The third-order valence-corrected chi connectivity index (χ3v) is 8.18. The van der Waals surface area contributed by atoms with Crippen molar-refractivity contribution in [1.29, 1.82) is 0 Å². The summed E-state index contributed by atoms with van der Waals surface area (Å²) in [5.74, 6) is 0.912. The van der Waals surface area contributed by atoms with Gasteiger partial charge in [0.05, 0.1) is 45.8 Å². The van der Waals surface area contributed by atoms with Gasteiger partial charge in [0.1, 0.15) is 42.0 Å². The second-order valence-corrected chi connectivity index (χ2v) is 13.5. The van der Waals surface area contributed by atoms with Gasteiger partial charge in [-0.25, -0.2) is 4.68 Å². The lowest BCUT2D eigenvalue weighted by Gasteiger charge is -2.36. The fourth-order valence-corrected chi connectivity index (χ4v) is 5.24. The Morgan fingerprint density at radius 3 is 1.81 bits per heavy atom. The monoisotopic (exact) mass is 759 g/mol. The predicted molar refractivity (Wildman–Crippen MR) is 194 cm³/mol. The minimum Gasteiger partial charge on any atom is -0.487 e. The van der Waals surface area contributed by atoms with Gasteiger partial charge in [-0.15, -0.1) is 5.10 Å². The van der Waals surface area contributed by atoms with E-state index in [0.717, 1.165) is 11.1 Å². The summed E-state index contributed by atoms with van der Waals surface area (Å²) in [6.45, 7) is 10.2. The number of hydrogen-bond donors (Lipinski definition) is 0. The Labute approximate surface area is 316 Å². The number of benzene rings is 2. The highest BCUT2D eigenvalue weighted by atomic mass is 16.7. The molecule has 0 saturated carbocycles. The second-order valence-electron chi connectivity index (χ2n) is 13.5. The minimum absolute atomic E-state index is 0.0694. The van der Waals surface area contributed by atoms with Crippen molar-refractivity contribution in [2.75, 3.05) is 81.3 Å². The smallest absolute Gasteiger partial charge is 0.188 e. The first kappa shape index (κ1) is 41.3. The molecule has 1 aromatic heterocycles. The van der Waals surface area contributed by atoms with E-state index >= 15 is 0 Å². The van der Waals surface area contributed by atoms with Gasteiger partial charge in [0.15, 0.2) is 43.5 Å². The Hall–Kier alpha value is -3.84. The molecule has 2 saturated heterocycles. The quantitative estimate of drug-likeness (QED) is 0.107.